The summed E-state index contributed by atoms with van der Waals surface area (Å²) in [5.74, 6) is -3.01. The number of rotatable bonds is 7. The van der Waals surface area contributed by atoms with Crippen LogP contribution in [0.3, 0.4) is 0 Å². The lowest BCUT2D eigenvalue weighted by Gasteiger charge is -2.32. The van der Waals surface area contributed by atoms with Gasteiger partial charge in [0.2, 0.25) is 5.91 Å². The third-order valence-corrected chi connectivity index (χ3v) is 6.34. The van der Waals surface area contributed by atoms with Crippen molar-refractivity contribution < 1.29 is 47.3 Å². The third-order valence-electron chi connectivity index (χ3n) is 6.34. The molecule has 1 aliphatic rings. The van der Waals surface area contributed by atoms with Crippen LogP contribution in [0, 0.1) is 6.92 Å². The number of hydroxylamine groups is 1. The van der Waals surface area contributed by atoms with E-state index in [0.29, 0.717) is 30.9 Å². The van der Waals surface area contributed by atoms with E-state index in [9.17, 15) is 22.8 Å². The van der Waals surface area contributed by atoms with Crippen LogP contribution in [0.25, 0.3) is 10.9 Å². The number of nitrogens with one attached hydrogen (secondary N) is 2. The molecule has 13 heteroatoms. The van der Waals surface area contributed by atoms with Gasteiger partial charge >= 0.3 is 12.1 Å². The normalized spacial score (nSPS) is 18.4. The van der Waals surface area contributed by atoms with Crippen molar-refractivity contribution in [3.05, 3.63) is 71.4 Å². The van der Waals surface area contributed by atoms with Crippen molar-refractivity contribution in [2.75, 3.05) is 6.61 Å². The van der Waals surface area contributed by atoms with E-state index in [4.69, 9.17) is 24.6 Å². The Morgan fingerprint density at radius 2 is 1.80 bits per heavy atom. The van der Waals surface area contributed by atoms with Crippen LogP contribution in [0.5, 0.6) is 5.75 Å². The number of carbonyl (C=O) groups is 3. The molecule has 0 radical (unpaired) electrons. The fraction of sp³-hybridized carbons (Fsp3) is 0.333. The van der Waals surface area contributed by atoms with Crippen LogP contribution in [-0.2, 0) is 20.9 Å². The van der Waals surface area contributed by atoms with Crippen molar-refractivity contribution >= 4 is 28.7 Å². The second-order valence-corrected chi connectivity index (χ2v) is 9.14. The van der Waals surface area contributed by atoms with E-state index < -0.39 is 23.6 Å². The number of amides is 2. The summed E-state index contributed by atoms with van der Waals surface area (Å²) >= 11 is 0. The van der Waals surface area contributed by atoms with Gasteiger partial charge in [-0.05, 0) is 56.7 Å². The first-order chi connectivity index (χ1) is 18.8. The summed E-state index contributed by atoms with van der Waals surface area (Å²) in [7, 11) is 0. The largest absolute Gasteiger partial charge is 0.490 e. The number of halogens is 3. The number of alkyl halides is 3. The van der Waals surface area contributed by atoms with Gasteiger partial charge in [-0.25, -0.2) is 10.3 Å². The van der Waals surface area contributed by atoms with E-state index in [1.165, 1.54) is 0 Å². The molecule has 2 amide bonds. The molecule has 40 heavy (non-hydrogen) atoms. The van der Waals surface area contributed by atoms with Crippen molar-refractivity contribution in [1.82, 2.24) is 15.8 Å². The van der Waals surface area contributed by atoms with Gasteiger partial charge < -0.3 is 19.9 Å². The van der Waals surface area contributed by atoms with Gasteiger partial charge in [0.15, 0.2) is 0 Å². The molecule has 10 nitrogen and oxygen atoms in total. The number of aliphatic carboxylic acids is 1. The second kappa shape index (κ2) is 12.7. The molecule has 1 fully saturated rings. The number of hydrogen-bond acceptors (Lipinski definition) is 7. The summed E-state index contributed by atoms with van der Waals surface area (Å²) in [6.45, 7) is 4.57. The average Bonchev–Trinajstić information content (AvgIpc) is 3.25. The fourth-order valence-electron chi connectivity index (χ4n) is 4.22. The van der Waals surface area contributed by atoms with Crippen LogP contribution in [-0.4, -0.2) is 57.5 Å². The fourth-order valence-corrected chi connectivity index (χ4v) is 4.22. The number of ether oxygens (including phenoxy) is 2. The van der Waals surface area contributed by atoms with Gasteiger partial charge in [0.1, 0.15) is 12.4 Å². The smallest absolute Gasteiger partial charge is 0.489 e. The summed E-state index contributed by atoms with van der Waals surface area (Å²) in [6.07, 6.45) is -5.04. The van der Waals surface area contributed by atoms with Crippen LogP contribution in [0.2, 0.25) is 0 Å². The first-order valence-corrected chi connectivity index (χ1v) is 12.1. The van der Waals surface area contributed by atoms with Gasteiger partial charge in [-0.3, -0.25) is 19.8 Å². The number of carboxylic acid groups (broad SMARTS) is 1. The second-order valence-electron chi connectivity index (χ2n) is 9.14. The van der Waals surface area contributed by atoms with E-state index in [0.717, 1.165) is 22.2 Å². The molecule has 214 valence electrons. The number of aryl methyl sites for hydroxylation is 1. The molecule has 2 aromatic carbocycles. The van der Waals surface area contributed by atoms with E-state index >= 15 is 0 Å². The van der Waals surface area contributed by atoms with Crippen LogP contribution in [0.4, 0.5) is 13.2 Å². The van der Waals surface area contributed by atoms with Crippen molar-refractivity contribution in [3.63, 3.8) is 0 Å². The molecule has 1 saturated heterocycles. The van der Waals surface area contributed by atoms with Gasteiger partial charge in [0.25, 0.3) is 5.91 Å². The first kappa shape index (κ1) is 30.3. The average molecular weight is 564 g/mol. The lowest BCUT2D eigenvalue weighted by atomic mass is 9.87. The third kappa shape index (κ3) is 7.67. The Morgan fingerprint density at radius 1 is 1.15 bits per heavy atom. The summed E-state index contributed by atoms with van der Waals surface area (Å²) in [5, 5.41) is 20.0. The lowest BCUT2D eigenvalue weighted by molar-refractivity contribution is -0.192. The zero-order valence-corrected chi connectivity index (χ0v) is 21.6. The Bertz CT molecular complexity index is 1370. The number of pyridine rings is 1. The highest BCUT2D eigenvalue weighted by Gasteiger charge is 2.44. The summed E-state index contributed by atoms with van der Waals surface area (Å²) in [5.41, 5.74) is 4.09. The first-order valence-electron chi connectivity index (χ1n) is 12.1. The Hall–Kier alpha value is -4.23. The van der Waals surface area contributed by atoms with Gasteiger partial charge in [-0.1, -0.05) is 18.2 Å². The highest BCUT2D eigenvalue weighted by Crippen LogP contribution is 2.30. The van der Waals surface area contributed by atoms with Gasteiger partial charge in [-0.15, -0.1) is 0 Å². The van der Waals surface area contributed by atoms with E-state index in [1.54, 1.807) is 36.7 Å². The quantitative estimate of drug-likeness (QED) is 0.250. The van der Waals surface area contributed by atoms with E-state index in [1.807, 2.05) is 37.3 Å². The van der Waals surface area contributed by atoms with Crippen molar-refractivity contribution in [2.45, 2.75) is 51.1 Å². The number of nitrogens with zero attached hydrogens (tertiary/aromatic N) is 1. The Labute approximate surface area is 227 Å². The van der Waals surface area contributed by atoms with Crippen molar-refractivity contribution in [2.24, 2.45) is 0 Å². The summed E-state index contributed by atoms with van der Waals surface area (Å²) in [6, 6.07) is 16.8. The SMILES string of the molecule is Cc1cc(COc2ccc(C(=O)NC3(CC(=O)NO)CCOC3C)cc2)c2ccccc2n1.O=C(O)C(F)(F)F. The maximum absolute atomic E-state index is 12.9. The molecule has 4 rings (SSSR count). The molecule has 0 bridgehead atoms. The standard InChI is InChI=1S/C25H27N3O5.C2HF3O2/c1-16-13-19(21-5-3-4-6-22(21)26-16)15-33-20-9-7-18(8-10-20)24(30)27-25(14-23(29)28-31)11-12-32-17(25)2;3-2(4,5)1(6)7/h3-10,13,17,31H,11-12,14-15H2,1-2H3,(H,27,30)(H,28,29);(H,6,7). The highest BCUT2D eigenvalue weighted by molar-refractivity contribution is 5.95. The van der Waals surface area contributed by atoms with E-state index in [2.05, 4.69) is 10.3 Å². The molecule has 3 aromatic rings. The molecule has 0 saturated carbocycles. The number of para-hydroxylation sites is 1. The molecular formula is C27H28F3N3O7. The number of carboxylic acids is 1. The summed E-state index contributed by atoms with van der Waals surface area (Å²) < 4.78 is 43.3. The van der Waals surface area contributed by atoms with Crippen LogP contribution in [0.1, 0.15) is 41.4 Å². The lowest BCUT2D eigenvalue weighted by Crippen LogP contribution is -2.55. The molecule has 2 heterocycles. The van der Waals surface area contributed by atoms with Crippen LogP contribution in [0.15, 0.2) is 54.6 Å². The van der Waals surface area contributed by atoms with Gasteiger partial charge in [0, 0.05) is 28.8 Å². The minimum Gasteiger partial charge on any atom is -0.489 e. The number of aromatic nitrogens is 1. The minimum absolute atomic E-state index is 0.0725. The molecule has 2 atom stereocenters. The molecular weight excluding hydrogens is 535 g/mol. The van der Waals surface area contributed by atoms with Crippen LogP contribution < -0.4 is 15.5 Å². The molecule has 4 N–H and O–H groups in total. The zero-order valence-electron chi connectivity index (χ0n) is 21.6. The van der Waals surface area contributed by atoms with Crippen molar-refractivity contribution in [1.29, 1.82) is 0 Å². The van der Waals surface area contributed by atoms with Gasteiger partial charge in [0.05, 0.1) is 23.6 Å². The highest BCUT2D eigenvalue weighted by atomic mass is 19.4. The molecule has 1 aromatic heterocycles. The van der Waals surface area contributed by atoms with Gasteiger partial charge in [-0.2, -0.15) is 13.2 Å². The topological polar surface area (TPSA) is 147 Å². The summed E-state index contributed by atoms with van der Waals surface area (Å²) in [4.78, 5) is 38.1. The predicted molar refractivity (Wildman–Crippen MR) is 136 cm³/mol. The maximum atomic E-state index is 12.9. The maximum Gasteiger partial charge on any atom is 0.490 e. The Balaban J connectivity index is 0.000000559. The molecule has 1 aliphatic heterocycles. The van der Waals surface area contributed by atoms with Crippen LogP contribution >= 0.6 is 0 Å². The number of hydrogen-bond donors (Lipinski definition) is 4. The zero-order chi connectivity index (χ0) is 29.5. The Morgan fingerprint density at radius 3 is 2.38 bits per heavy atom. The molecule has 2 unspecified atom stereocenters. The molecule has 0 spiro atoms. The number of benzene rings is 2. The monoisotopic (exact) mass is 563 g/mol. The minimum atomic E-state index is -5.08. The number of fused-ring (bicyclic) bond motifs is 1. The number of carbonyl (C=O) groups excluding carboxylic acids is 2. The van der Waals surface area contributed by atoms with Crippen molar-refractivity contribution in [3.8, 4) is 5.75 Å². The predicted octanol–water partition coefficient (Wildman–Crippen LogP) is 3.93. The molecule has 0 aliphatic carbocycles. The van der Waals surface area contributed by atoms with E-state index in [-0.39, 0.29) is 18.4 Å². The Kier molecular flexibility index (Phi) is 9.66.